The Labute approximate surface area is 141 Å². The quantitative estimate of drug-likeness (QED) is 0.601. The minimum atomic E-state index is -1.58. The summed E-state index contributed by atoms with van der Waals surface area (Å²) in [5.41, 5.74) is 1.20. The Morgan fingerprint density at radius 1 is 1.09 bits per heavy atom. The molecule has 0 bridgehead atoms. The summed E-state index contributed by atoms with van der Waals surface area (Å²) in [7, 11) is -1.58. The second-order valence-corrected chi connectivity index (χ2v) is 10.9. The van der Waals surface area contributed by atoms with Crippen molar-refractivity contribution in [3.8, 4) is 0 Å². The maximum absolute atomic E-state index is 6.40. The Morgan fingerprint density at radius 2 is 1.78 bits per heavy atom. The predicted molar refractivity (Wildman–Crippen MR) is 96.8 cm³/mol. The summed E-state index contributed by atoms with van der Waals surface area (Å²) in [5.74, 6) is 0. The molecule has 23 heavy (non-hydrogen) atoms. The van der Waals surface area contributed by atoms with Gasteiger partial charge in [-0.2, -0.15) is 0 Å². The van der Waals surface area contributed by atoms with Crippen LogP contribution >= 0.6 is 0 Å². The van der Waals surface area contributed by atoms with Crippen LogP contribution in [0.5, 0.6) is 0 Å². The third-order valence-electron chi connectivity index (χ3n) is 4.93. The van der Waals surface area contributed by atoms with Crippen LogP contribution in [0.4, 0.5) is 0 Å². The highest BCUT2D eigenvalue weighted by molar-refractivity contribution is 6.73. The molecule has 0 saturated carbocycles. The molecule has 0 aliphatic carbocycles. The molecule has 0 amide bonds. The summed E-state index contributed by atoms with van der Waals surface area (Å²) >= 11 is 0. The van der Waals surface area contributed by atoms with E-state index in [9.17, 15) is 0 Å². The van der Waals surface area contributed by atoms with Crippen LogP contribution in [0.1, 0.15) is 32.8 Å². The topological polar surface area (TPSA) is 27.7 Å². The Balaban J connectivity index is 1.89. The fourth-order valence-corrected chi connectivity index (χ4v) is 5.63. The van der Waals surface area contributed by atoms with Crippen molar-refractivity contribution in [1.82, 2.24) is 0 Å². The van der Waals surface area contributed by atoms with Gasteiger partial charge in [0.25, 0.3) is 0 Å². The SMILES string of the molecule is CC[Si](CC)(CC)OC[C@H]1OC=CC[C@H]1OCc1ccccc1. The maximum Gasteiger partial charge on any atom is 0.192 e. The lowest BCUT2D eigenvalue weighted by molar-refractivity contribution is -0.0745. The van der Waals surface area contributed by atoms with Crippen LogP contribution in [0.15, 0.2) is 42.7 Å². The summed E-state index contributed by atoms with van der Waals surface area (Å²) in [5, 5.41) is 0. The van der Waals surface area contributed by atoms with Crippen molar-refractivity contribution < 1.29 is 13.9 Å². The van der Waals surface area contributed by atoms with Gasteiger partial charge in [0.15, 0.2) is 8.32 Å². The van der Waals surface area contributed by atoms with E-state index in [2.05, 4.69) is 32.9 Å². The molecule has 1 heterocycles. The van der Waals surface area contributed by atoms with Crippen molar-refractivity contribution in [2.75, 3.05) is 6.61 Å². The standard InChI is InChI=1S/C19H30O3Si/c1-4-23(5-2,6-3)22-16-19-18(13-10-14-20-19)21-15-17-11-8-7-9-12-17/h7-12,14,18-19H,4-6,13,15-16H2,1-3H3/t18-,19-/m1/s1. The molecule has 0 fully saturated rings. The Hall–Kier alpha value is -1.10. The molecule has 4 heteroatoms. The van der Waals surface area contributed by atoms with Crippen LogP contribution in [0.3, 0.4) is 0 Å². The Morgan fingerprint density at radius 3 is 2.43 bits per heavy atom. The van der Waals surface area contributed by atoms with Gasteiger partial charge in [-0.1, -0.05) is 51.1 Å². The second kappa shape index (κ2) is 9.26. The lowest BCUT2D eigenvalue weighted by Gasteiger charge is -2.34. The van der Waals surface area contributed by atoms with E-state index in [-0.39, 0.29) is 12.2 Å². The summed E-state index contributed by atoms with van der Waals surface area (Å²) in [6.45, 7) is 8.03. The summed E-state index contributed by atoms with van der Waals surface area (Å²) in [4.78, 5) is 0. The van der Waals surface area contributed by atoms with Gasteiger partial charge in [0.1, 0.15) is 12.2 Å². The first-order valence-corrected chi connectivity index (χ1v) is 11.4. The first kappa shape index (κ1) is 18.2. The molecule has 1 aliphatic heterocycles. The number of hydrogen-bond acceptors (Lipinski definition) is 3. The van der Waals surface area contributed by atoms with Crippen LogP contribution in [0.25, 0.3) is 0 Å². The number of hydrogen-bond donors (Lipinski definition) is 0. The van der Waals surface area contributed by atoms with Crippen LogP contribution in [0, 0.1) is 0 Å². The van der Waals surface area contributed by atoms with Gasteiger partial charge in [-0.05, 0) is 36.2 Å². The van der Waals surface area contributed by atoms with E-state index in [1.807, 2.05) is 24.3 Å². The molecule has 0 radical (unpaired) electrons. The second-order valence-electron chi connectivity index (χ2n) is 6.17. The monoisotopic (exact) mass is 334 g/mol. The van der Waals surface area contributed by atoms with E-state index in [1.165, 1.54) is 5.56 Å². The minimum absolute atomic E-state index is 0.000220. The fourth-order valence-electron chi connectivity index (χ4n) is 3.00. The summed E-state index contributed by atoms with van der Waals surface area (Å²) in [6, 6.07) is 13.8. The first-order valence-electron chi connectivity index (χ1n) is 8.83. The van der Waals surface area contributed by atoms with Gasteiger partial charge in [-0.25, -0.2) is 0 Å². The van der Waals surface area contributed by atoms with Gasteiger partial charge in [0.2, 0.25) is 0 Å². The largest absolute Gasteiger partial charge is 0.493 e. The van der Waals surface area contributed by atoms with Crippen molar-refractivity contribution in [3.63, 3.8) is 0 Å². The van der Waals surface area contributed by atoms with E-state index in [0.717, 1.165) is 24.6 Å². The van der Waals surface area contributed by atoms with E-state index in [0.29, 0.717) is 13.2 Å². The molecule has 0 saturated heterocycles. The highest BCUT2D eigenvalue weighted by Crippen LogP contribution is 2.24. The molecule has 1 aromatic rings. The molecular formula is C19H30O3Si. The zero-order valence-electron chi connectivity index (χ0n) is 14.7. The zero-order chi connectivity index (χ0) is 16.5. The van der Waals surface area contributed by atoms with Crippen LogP contribution < -0.4 is 0 Å². The normalized spacial score (nSPS) is 21.2. The third-order valence-corrected chi connectivity index (χ3v) is 9.57. The number of rotatable bonds is 9. The molecule has 2 rings (SSSR count). The first-order chi connectivity index (χ1) is 11.2. The molecule has 0 spiro atoms. The molecule has 1 aromatic carbocycles. The van der Waals surface area contributed by atoms with Gasteiger partial charge >= 0.3 is 0 Å². The number of benzene rings is 1. The van der Waals surface area contributed by atoms with Gasteiger partial charge in [0, 0.05) is 0 Å². The Kier molecular flexibility index (Phi) is 7.34. The summed E-state index contributed by atoms with van der Waals surface area (Å²) in [6.07, 6.45) is 4.79. The van der Waals surface area contributed by atoms with E-state index >= 15 is 0 Å². The van der Waals surface area contributed by atoms with Crippen molar-refractivity contribution in [1.29, 1.82) is 0 Å². The molecule has 3 nitrogen and oxygen atoms in total. The highest BCUT2D eigenvalue weighted by Gasteiger charge is 2.32. The average Bonchev–Trinajstić information content (AvgIpc) is 2.63. The number of ether oxygens (including phenoxy) is 2. The third kappa shape index (κ3) is 5.20. The molecule has 2 atom stereocenters. The van der Waals surface area contributed by atoms with E-state index in [1.54, 1.807) is 6.26 Å². The molecule has 0 N–H and O–H groups in total. The van der Waals surface area contributed by atoms with Crippen LogP contribution in [0.2, 0.25) is 18.1 Å². The highest BCUT2D eigenvalue weighted by atomic mass is 28.4. The van der Waals surface area contributed by atoms with E-state index in [4.69, 9.17) is 13.9 Å². The molecule has 128 valence electrons. The average molecular weight is 335 g/mol. The summed E-state index contributed by atoms with van der Waals surface area (Å²) < 4.78 is 18.3. The van der Waals surface area contributed by atoms with Crippen molar-refractivity contribution >= 4 is 8.32 Å². The van der Waals surface area contributed by atoms with Crippen LogP contribution in [-0.4, -0.2) is 27.1 Å². The predicted octanol–water partition coefficient (Wildman–Crippen LogP) is 4.90. The van der Waals surface area contributed by atoms with Crippen molar-refractivity contribution in [3.05, 3.63) is 48.2 Å². The van der Waals surface area contributed by atoms with Gasteiger partial charge < -0.3 is 13.9 Å². The van der Waals surface area contributed by atoms with Crippen molar-refractivity contribution in [2.45, 2.75) is 64.1 Å². The molecule has 1 aliphatic rings. The maximum atomic E-state index is 6.40. The minimum Gasteiger partial charge on any atom is -0.493 e. The lowest BCUT2D eigenvalue weighted by atomic mass is 10.1. The van der Waals surface area contributed by atoms with Gasteiger partial charge in [0.05, 0.1) is 19.5 Å². The smallest absolute Gasteiger partial charge is 0.192 e. The fraction of sp³-hybridized carbons (Fsp3) is 0.579. The van der Waals surface area contributed by atoms with Gasteiger partial charge in [-0.15, -0.1) is 0 Å². The van der Waals surface area contributed by atoms with E-state index < -0.39 is 8.32 Å². The van der Waals surface area contributed by atoms with Crippen LogP contribution in [-0.2, 0) is 20.5 Å². The molecular weight excluding hydrogens is 304 g/mol. The van der Waals surface area contributed by atoms with Crippen molar-refractivity contribution in [2.24, 2.45) is 0 Å². The lowest BCUT2D eigenvalue weighted by Crippen LogP contribution is -2.43. The zero-order valence-corrected chi connectivity index (χ0v) is 15.7. The molecule has 0 aromatic heterocycles. The van der Waals surface area contributed by atoms with Gasteiger partial charge in [-0.3, -0.25) is 0 Å². The molecule has 0 unspecified atom stereocenters. The Bertz CT molecular complexity index is 462.